The van der Waals surface area contributed by atoms with Crippen molar-refractivity contribution in [3.63, 3.8) is 0 Å². The Kier molecular flexibility index (Phi) is 7.30. The van der Waals surface area contributed by atoms with Crippen LogP contribution in [0.3, 0.4) is 0 Å². The molecule has 2 aromatic carbocycles. The molecule has 0 fully saturated rings. The lowest BCUT2D eigenvalue weighted by molar-refractivity contribution is 0.0954. The fraction of sp³-hybridized carbons (Fsp3) is 0.304. The van der Waals surface area contributed by atoms with E-state index in [1.54, 1.807) is 12.1 Å². The van der Waals surface area contributed by atoms with Gasteiger partial charge in [-0.25, -0.2) is 4.98 Å². The van der Waals surface area contributed by atoms with Gasteiger partial charge in [-0.1, -0.05) is 74.0 Å². The van der Waals surface area contributed by atoms with Crippen LogP contribution in [0.5, 0.6) is 0 Å². The molecule has 3 rings (SSSR count). The first-order valence-corrected chi connectivity index (χ1v) is 10.5. The third-order valence-electron chi connectivity index (χ3n) is 4.73. The standard InChI is InChI=1S/C23H24Cl2N2O/c1-2-3-4-5-8-13-26-23(28)19-15-22(18-12-11-16(24)14-20(18)25)27-21-10-7-6-9-17(19)21/h6-7,9-12,14-15H,2-5,8,13H2,1H3,(H,26,28). The zero-order valence-electron chi connectivity index (χ0n) is 16.0. The lowest BCUT2D eigenvalue weighted by atomic mass is 10.0. The van der Waals surface area contributed by atoms with Crippen molar-refractivity contribution < 1.29 is 4.79 Å². The first kappa shape index (κ1) is 20.6. The van der Waals surface area contributed by atoms with Crippen LogP contribution < -0.4 is 5.32 Å². The number of nitrogens with one attached hydrogen (secondary N) is 1. The van der Waals surface area contributed by atoms with Crippen molar-refractivity contribution in [1.29, 1.82) is 0 Å². The van der Waals surface area contributed by atoms with E-state index in [2.05, 4.69) is 12.2 Å². The fourth-order valence-corrected chi connectivity index (χ4v) is 3.73. The Morgan fingerprint density at radius 2 is 1.79 bits per heavy atom. The molecule has 0 spiro atoms. The third kappa shape index (κ3) is 5.03. The molecule has 0 saturated carbocycles. The van der Waals surface area contributed by atoms with E-state index < -0.39 is 0 Å². The Hall–Kier alpha value is -2.10. The molecule has 0 bridgehead atoms. The number of carbonyl (C=O) groups excluding carboxylic acids is 1. The summed E-state index contributed by atoms with van der Waals surface area (Å²) in [5.41, 5.74) is 2.79. The van der Waals surface area contributed by atoms with E-state index >= 15 is 0 Å². The van der Waals surface area contributed by atoms with Crippen LogP contribution in [0.1, 0.15) is 49.4 Å². The first-order chi connectivity index (χ1) is 13.6. The average molecular weight is 415 g/mol. The van der Waals surface area contributed by atoms with Gasteiger partial charge in [0.15, 0.2) is 0 Å². The summed E-state index contributed by atoms with van der Waals surface area (Å²) in [6.45, 7) is 2.87. The maximum Gasteiger partial charge on any atom is 0.252 e. The van der Waals surface area contributed by atoms with E-state index in [4.69, 9.17) is 28.2 Å². The first-order valence-electron chi connectivity index (χ1n) is 9.73. The SMILES string of the molecule is CCCCCCCNC(=O)c1cc(-c2ccc(Cl)cc2Cl)nc2ccccc12. The molecule has 1 N–H and O–H groups in total. The van der Waals surface area contributed by atoms with Gasteiger partial charge in [-0.05, 0) is 36.8 Å². The number of halogens is 2. The minimum atomic E-state index is -0.0829. The van der Waals surface area contributed by atoms with Crippen molar-refractivity contribution in [2.75, 3.05) is 6.54 Å². The van der Waals surface area contributed by atoms with Crippen LogP contribution in [0.4, 0.5) is 0 Å². The van der Waals surface area contributed by atoms with Crippen LogP contribution in [0, 0.1) is 0 Å². The predicted octanol–water partition coefficient (Wildman–Crippen LogP) is 6.91. The summed E-state index contributed by atoms with van der Waals surface area (Å²) >= 11 is 12.4. The number of fused-ring (bicyclic) bond motifs is 1. The van der Waals surface area contributed by atoms with Crippen LogP contribution in [-0.4, -0.2) is 17.4 Å². The van der Waals surface area contributed by atoms with Crippen molar-refractivity contribution in [2.45, 2.75) is 39.0 Å². The summed E-state index contributed by atoms with van der Waals surface area (Å²) in [5, 5.41) is 4.96. The highest BCUT2D eigenvalue weighted by Crippen LogP contribution is 2.31. The molecule has 1 amide bonds. The van der Waals surface area contributed by atoms with Crippen molar-refractivity contribution >= 4 is 40.0 Å². The number of benzene rings is 2. The molecule has 1 aromatic heterocycles. The molecule has 3 nitrogen and oxygen atoms in total. The number of rotatable bonds is 8. The molecule has 0 aliphatic heterocycles. The molecule has 0 unspecified atom stereocenters. The van der Waals surface area contributed by atoms with Crippen molar-refractivity contribution in [2.24, 2.45) is 0 Å². The summed E-state index contributed by atoms with van der Waals surface area (Å²) < 4.78 is 0. The van der Waals surface area contributed by atoms with Gasteiger partial charge in [0.25, 0.3) is 5.91 Å². The fourth-order valence-electron chi connectivity index (χ4n) is 3.22. The monoisotopic (exact) mass is 414 g/mol. The molecule has 0 aliphatic rings. The highest BCUT2D eigenvalue weighted by atomic mass is 35.5. The summed E-state index contributed by atoms with van der Waals surface area (Å²) in [4.78, 5) is 17.6. The highest BCUT2D eigenvalue weighted by Gasteiger charge is 2.15. The molecule has 28 heavy (non-hydrogen) atoms. The largest absolute Gasteiger partial charge is 0.352 e. The van der Waals surface area contributed by atoms with E-state index in [9.17, 15) is 4.79 Å². The van der Waals surface area contributed by atoms with E-state index in [0.29, 0.717) is 27.8 Å². The number of hydrogen-bond donors (Lipinski definition) is 1. The van der Waals surface area contributed by atoms with Gasteiger partial charge in [0, 0.05) is 22.5 Å². The molecule has 1 heterocycles. The molecular formula is C23H24Cl2N2O. The van der Waals surface area contributed by atoms with Crippen LogP contribution in [-0.2, 0) is 0 Å². The number of para-hydroxylation sites is 1. The minimum Gasteiger partial charge on any atom is -0.352 e. The maximum absolute atomic E-state index is 12.9. The smallest absolute Gasteiger partial charge is 0.252 e. The predicted molar refractivity (Wildman–Crippen MR) is 118 cm³/mol. The Labute approximate surface area is 176 Å². The zero-order chi connectivity index (χ0) is 19.9. The zero-order valence-corrected chi connectivity index (χ0v) is 17.5. The van der Waals surface area contributed by atoms with Gasteiger partial charge >= 0.3 is 0 Å². The maximum atomic E-state index is 12.9. The quantitative estimate of drug-likeness (QED) is 0.406. The number of nitrogens with zero attached hydrogens (tertiary/aromatic N) is 1. The van der Waals surface area contributed by atoms with Gasteiger partial charge in [0.1, 0.15) is 0 Å². The van der Waals surface area contributed by atoms with Crippen molar-refractivity contribution in [3.05, 3.63) is 64.1 Å². The number of carbonyl (C=O) groups is 1. The topological polar surface area (TPSA) is 42.0 Å². The van der Waals surface area contributed by atoms with Crippen LogP contribution in [0.25, 0.3) is 22.2 Å². The highest BCUT2D eigenvalue weighted by molar-refractivity contribution is 6.36. The molecule has 3 aromatic rings. The van der Waals surface area contributed by atoms with E-state index in [-0.39, 0.29) is 5.91 Å². The Morgan fingerprint density at radius 1 is 1.00 bits per heavy atom. The molecule has 0 aliphatic carbocycles. The van der Waals surface area contributed by atoms with Crippen molar-refractivity contribution in [3.8, 4) is 11.3 Å². The number of unbranched alkanes of at least 4 members (excludes halogenated alkanes) is 4. The van der Waals surface area contributed by atoms with Gasteiger partial charge in [0.2, 0.25) is 0 Å². The Bertz CT molecular complexity index is 972. The van der Waals surface area contributed by atoms with Gasteiger partial charge in [-0.2, -0.15) is 0 Å². The molecule has 0 radical (unpaired) electrons. The van der Waals surface area contributed by atoms with Gasteiger partial charge < -0.3 is 5.32 Å². The number of pyridine rings is 1. The minimum absolute atomic E-state index is 0.0829. The number of amides is 1. The number of hydrogen-bond acceptors (Lipinski definition) is 2. The van der Waals surface area contributed by atoms with Crippen LogP contribution >= 0.6 is 23.2 Å². The van der Waals surface area contributed by atoms with Crippen LogP contribution in [0.2, 0.25) is 10.0 Å². The van der Waals surface area contributed by atoms with E-state index in [1.807, 2.05) is 36.4 Å². The lowest BCUT2D eigenvalue weighted by Crippen LogP contribution is -2.24. The van der Waals surface area contributed by atoms with Gasteiger partial charge in [-0.15, -0.1) is 0 Å². The van der Waals surface area contributed by atoms with Gasteiger partial charge in [-0.3, -0.25) is 4.79 Å². The number of aromatic nitrogens is 1. The molecule has 5 heteroatoms. The molecular weight excluding hydrogens is 391 g/mol. The summed E-state index contributed by atoms with van der Waals surface area (Å²) in [6, 6.07) is 14.8. The summed E-state index contributed by atoms with van der Waals surface area (Å²) in [6.07, 6.45) is 5.80. The second-order valence-corrected chi connectivity index (χ2v) is 7.71. The lowest BCUT2D eigenvalue weighted by Gasteiger charge is -2.11. The summed E-state index contributed by atoms with van der Waals surface area (Å²) in [7, 11) is 0. The Balaban J connectivity index is 1.87. The van der Waals surface area contributed by atoms with E-state index in [1.165, 1.54) is 19.3 Å². The normalized spacial score (nSPS) is 11.0. The average Bonchev–Trinajstić information content (AvgIpc) is 2.69. The third-order valence-corrected chi connectivity index (χ3v) is 5.28. The second-order valence-electron chi connectivity index (χ2n) is 6.87. The van der Waals surface area contributed by atoms with E-state index in [0.717, 1.165) is 29.3 Å². The molecule has 146 valence electrons. The summed E-state index contributed by atoms with van der Waals surface area (Å²) in [5.74, 6) is -0.0829. The Morgan fingerprint density at radius 3 is 2.57 bits per heavy atom. The van der Waals surface area contributed by atoms with Gasteiger partial charge in [0.05, 0.1) is 21.8 Å². The molecule has 0 saturated heterocycles. The molecule has 0 atom stereocenters. The second kappa shape index (κ2) is 9.90. The van der Waals surface area contributed by atoms with Crippen LogP contribution in [0.15, 0.2) is 48.5 Å². The van der Waals surface area contributed by atoms with Crippen molar-refractivity contribution in [1.82, 2.24) is 10.3 Å².